The van der Waals surface area contributed by atoms with Crippen molar-refractivity contribution in [3.63, 3.8) is 0 Å². The topological polar surface area (TPSA) is 52.9 Å². The average molecular weight is 256 g/mol. The Morgan fingerprint density at radius 2 is 1.63 bits per heavy atom. The Labute approximate surface area is 114 Å². The highest BCUT2D eigenvalue weighted by Crippen LogP contribution is 2.23. The zero-order valence-electron chi connectivity index (χ0n) is 11.2. The normalized spacial score (nSPS) is 17.0. The van der Waals surface area contributed by atoms with E-state index in [2.05, 4.69) is 11.4 Å². The van der Waals surface area contributed by atoms with E-state index in [1.165, 1.54) is 19.3 Å². The Balaban J connectivity index is 1.93. The summed E-state index contributed by atoms with van der Waals surface area (Å²) in [4.78, 5) is 12.2. The predicted octanol–water partition coefficient (Wildman–Crippen LogP) is 3.86. The molecule has 0 spiro atoms. The molecule has 0 atom stereocenters. The van der Waals surface area contributed by atoms with E-state index in [4.69, 9.17) is 5.26 Å². The highest BCUT2D eigenvalue weighted by molar-refractivity contribution is 5.92. The number of carbonyl (C=O) groups is 1. The van der Waals surface area contributed by atoms with E-state index in [1.807, 2.05) is 0 Å². The van der Waals surface area contributed by atoms with Crippen molar-refractivity contribution in [3.05, 3.63) is 29.8 Å². The number of hydrogen-bond donors (Lipinski definition) is 1. The molecule has 1 aromatic rings. The fourth-order valence-corrected chi connectivity index (χ4v) is 2.59. The Morgan fingerprint density at radius 1 is 1.05 bits per heavy atom. The summed E-state index contributed by atoms with van der Waals surface area (Å²) < 4.78 is 0. The maximum absolute atomic E-state index is 12.2. The van der Waals surface area contributed by atoms with E-state index >= 15 is 0 Å². The lowest BCUT2D eigenvalue weighted by Gasteiger charge is -2.19. The van der Waals surface area contributed by atoms with Gasteiger partial charge in [-0.1, -0.05) is 32.1 Å². The van der Waals surface area contributed by atoms with Crippen molar-refractivity contribution in [1.29, 1.82) is 5.26 Å². The van der Waals surface area contributed by atoms with Gasteiger partial charge < -0.3 is 5.32 Å². The van der Waals surface area contributed by atoms with Crippen LogP contribution in [0, 0.1) is 17.2 Å². The number of rotatable bonds is 2. The number of amides is 1. The van der Waals surface area contributed by atoms with E-state index in [-0.39, 0.29) is 11.8 Å². The second-order valence-corrected chi connectivity index (χ2v) is 5.22. The van der Waals surface area contributed by atoms with E-state index in [1.54, 1.807) is 24.3 Å². The molecular formula is C16H20N2O. The van der Waals surface area contributed by atoms with Crippen molar-refractivity contribution in [3.8, 4) is 6.07 Å². The Kier molecular flexibility index (Phi) is 4.97. The third-order valence-electron chi connectivity index (χ3n) is 3.76. The lowest BCUT2D eigenvalue weighted by molar-refractivity contribution is -0.120. The van der Waals surface area contributed by atoms with E-state index in [0.29, 0.717) is 5.56 Å². The van der Waals surface area contributed by atoms with Gasteiger partial charge >= 0.3 is 0 Å². The van der Waals surface area contributed by atoms with Crippen molar-refractivity contribution >= 4 is 11.6 Å². The molecule has 0 aliphatic heterocycles. The first kappa shape index (κ1) is 13.6. The molecule has 3 nitrogen and oxygen atoms in total. The number of nitrogens with zero attached hydrogens (tertiary/aromatic N) is 1. The Bertz CT molecular complexity index is 451. The summed E-state index contributed by atoms with van der Waals surface area (Å²) in [7, 11) is 0. The van der Waals surface area contributed by atoms with E-state index in [9.17, 15) is 4.79 Å². The summed E-state index contributed by atoms with van der Waals surface area (Å²) in [5, 5.41) is 11.7. The van der Waals surface area contributed by atoms with Gasteiger partial charge in [-0.25, -0.2) is 0 Å². The van der Waals surface area contributed by atoms with E-state index in [0.717, 1.165) is 31.4 Å². The minimum Gasteiger partial charge on any atom is -0.326 e. The Hall–Kier alpha value is -1.82. The highest BCUT2D eigenvalue weighted by atomic mass is 16.1. The average Bonchev–Trinajstić information content (AvgIpc) is 2.39. The molecule has 0 radical (unpaired) electrons. The lowest BCUT2D eigenvalue weighted by Crippen LogP contribution is -2.23. The van der Waals surface area contributed by atoms with Crippen LogP contribution in [0.1, 0.15) is 50.5 Å². The molecule has 1 aliphatic carbocycles. The summed E-state index contributed by atoms with van der Waals surface area (Å²) in [5.74, 6) is 0.280. The van der Waals surface area contributed by atoms with Crippen LogP contribution in [0.2, 0.25) is 0 Å². The number of hydrogen-bond acceptors (Lipinski definition) is 2. The second-order valence-electron chi connectivity index (χ2n) is 5.22. The number of benzene rings is 1. The summed E-state index contributed by atoms with van der Waals surface area (Å²) in [6, 6.07) is 9.12. The zero-order chi connectivity index (χ0) is 13.5. The van der Waals surface area contributed by atoms with Crippen LogP contribution in [-0.2, 0) is 4.79 Å². The molecular weight excluding hydrogens is 236 g/mol. The molecule has 100 valence electrons. The smallest absolute Gasteiger partial charge is 0.227 e. The van der Waals surface area contributed by atoms with Gasteiger partial charge in [0.1, 0.15) is 0 Å². The summed E-state index contributed by atoms with van der Waals surface area (Å²) >= 11 is 0. The molecule has 1 saturated carbocycles. The van der Waals surface area contributed by atoms with Crippen LogP contribution < -0.4 is 5.32 Å². The monoisotopic (exact) mass is 256 g/mol. The fourth-order valence-electron chi connectivity index (χ4n) is 2.59. The molecule has 0 heterocycles. The standard InChI is InChI=1S/C16H20N2O/c17-12-13-8-10-15(11-9-13)18-16(19)14-6-4-2-1-3-5-7-14/h8-11,14H,1-7H2,(H,18,19). The highest BCUT2D eigenvalue weighted by Gasteiger charge is 2.19. The van der Waals surface area contributed by atoms with Crippen LogP contribution in [0.15, 0.2) is 24.3 Å². The summed E-state index contributed by atoms with van der Waals surface area (Å²) in [6.45, 7) is 0. The third-order valence-corrected chi connectivity index (χ3v) is 3.76. The fraction of sp³-hybridized carbons (Fsp3) is 0.500. The molecule has 1 aromatic carbocycles. The van der Waals surface area contributed by atoms with Gasteiger partial charge in [0.05, 0.1) is 11.6 Å². The maximum atomic E-state index is 12.2. The van der Waals surface area contributed by atoms with Crippen molar-refractivity contribution in [2.75, 3.05) is 5.32 Å². The van der Waals surface area contributed by atoms with Crippen LogP contribution in [0.25, 0.3) is 0 Å². The minimum absolute atomic E-state index is 0.131. The van der Waals surface area contributed by atoms with Gasteiger partial charge in [-0.15, -0.1) is 0 Å². The van der Waals surface area contributed by atoms with Gasteiger partial charge in [0.15, 0.2) is 0 Å². The molecule has 1 N–H and O–H groups in total. The number of nitriles is 1. The Morgan fingerprint density at radius 3 is 2.21 bits per heavy atom. The van der Waals surface area contributed by atoms with Crippen LogP contribution >= 0.6 is 0 Å². The number of carbonyl (C=O) groups excluding carboxylic acids is 1. The molecule has 0 bridgehead atoms. The minimum atomic E-state index is 0.131. The number of nitrogens with one attached hydrogen (secondary N) is 1. The van der Waals surface area contributed by atoms with Gasteiger partial charge in [-0.2, -0.15) is 5.26 Å². The largest absolute Gasteiger partial charge is 0.326 e. The van der Waals surface area contributed by atoms with Gasteiger partial charge in [-0.3, -0.25) is 4.79 Å². The maximum Gasteiger partial charge on any atom is 0.227 e. The second kappa shape index (κ2) is 6.94. The SMILES string of the molecule is N#Cc1ccc(NC(=O)C2CCCCCCC2)cc1. The first-order chi connectivity index (χ1) is 9.29. The first-order valence-corrected chi connectivity index (χ1v) is 7.10. The van der Waals surface area contributed by atoms with Crippen LogP contribution in [0.3, 0.4) is 0 Å². The van der Waals surface area contributed by atoms with Gasteiger partial charge in [0.25, 0.3) is 0 Å². The van der Waals surface area contributed by atoms with Gasteiger partial charge in [0.2, 0.25) is 5.91 Å². The van der Waals surface area contributed by atoms with Crippen molar-refractivity contribution in [1.82, 2.24) is 0 Å². The summed E-state index contributed by atoms with van der Waals surface area (Å²) in [5.41, 5.74) is 1.40. The van der Waals surface area contributed by atoms with Crippen LogP contribution in [-0.4, -0.2) is 5.91 Å². The molecule has 0 unspecified atom stereocenters. The molecule has 1 amide bonds. The van der Waals surface area contributed by atoms with E-state index < -0.39 is 0 Å². The van der Waals surface area contributed by atoms with Gasteiger partial charge in [0, 0.05) is 11.6 Å². The van der Waals surface area contributed by atoms with Crippen molar-refractivity contribution in [2.45, 2.75) is 44.9 Å². The lowest BCUT2D eigenvalue weighted by atomic mass is 9.90. The van der Waals surface area contributed by atoms with Crippen molar-refractivity contribution in [2.24, 2.45) is 5.92 Å². The summed E-state index contributed by atoms with van der Waals surface area (Å²) in [6.07, 6.45) is 8.13. The molecule has 0 aromatic heterocycles. The molecule has 19 heavy (non-hydrogen) atoms. The van der Waals surface area contributed by atoms with Gasteiger partial charge in [-0.05, 0) is 37.1 Å². The quantitative estimate of drug-likeness (QED) is 0.873. The zero-order valence-corrected chi connectivity index (χ0v) is 11.2. The van der Waals surface area contributed by atoms with Crippen LogP contribution in [0.4, 0.5) is 5.69 Å². The molecule has 1 fully saturated rings. The molecule has 3 heteroatoms. The molecule has 2 rings (SSSR count). The number of anilines is 1. The van der Waals surface area contributed by atoms with Crippen LogP contribution in [0.5, 0.6) is 0 Å². The first-order valence-electron chi connectivity index (χ1n) is 7.10. The van der Waals surface area contributed by atoms with Crippen molar-refractivity contribution < 1.29 is 4.79 Å². The molecule has 0 saturated heterocycles. The third kappa shape index (κ3) is 4.10. The predicted molar refractivity (Wildman–Crippen MR) is 75.6 cm³/mol. The molecule has 1 aliphatic rings.